The maximum Gasteiger partial charge on any atom is 0.407 e. The van der Waals surface area contributed by atoms with Crippen molar-refractivity contribution in [2.45, 2.75) is 45.8 Å². The number of nitrogens with one attached hydrogen (secondary N) is 1. The van der Waals surface area contributed by atoms with E-state index in [0.717, 1.165) is 0 Å². The van der Waals surface area contributed by atoms with Gasteiger partial charge in [0.1, 0.15) is 5.60 Å². The summed E-state index contributed by atoms with van der Waals surface area (Å²) >= 11 is 0. The summed E-state index contributed by atoms with van der Waals surface area (Å²) in [5.74, 6) is -0.494. The minimum atomic E-state index is -0.971. The fraction of sp³-hybridized carbons (Fsp3) is 0.818. The first kappa shape index (κ1) is 15.7. The van der Waals surface area contributed by atoms with Gasteiger partial charge in [0.2, 0.25) is 0 Å². The molecular weight excluding hydrogens is 226 g/mol. The van der Waals surface area contributed by atoms with Gasteiger partial charge in [-0.3, -0.25) is 4.79 Å². The van der Waals surface area contributed by atoms with Crippen LogP contribution in [0.1, 0.15) is 34.1 Å². The molecule has 0 saturated heterocycles. The number of aliphatic hydroxyl groups excluding tert-OH is 1. The Morgan fingerprint density at radius 3 is 2.41 bits per heavy atom. The topological polar surface area (TPSA) is 84.9 Å². The molecule has 0 aromatic heterocycles. The van der Waals surface area contributed by atoms with Gasteiger partial charge in [0.15, 0.2) is 0 Å². The number of alkyl carbamates (subject to hydrolysis) is 1. The molecule has 0 fully saturated rings. The van der Waals surface area contributed by atoms with Crippen LogP contribution in [0.3, 0.4) is 0 Å². The summed E-state index contributed by atoms with van der Waals surface area (Å²) in [5, 5.41) is 11.8. The van der Waals surface area contributed by atoms with E-state index in [0.29, 0.717) is 0 Å². The molecular formula is C11H21NO5. The van der Waals surface area contributed by atoms with Crippen molar-refractivity contribution in [1.82, 2.24) is 5.32 Å². The summed E-state index contributed by atoms with van der Waals surface area (Å²) in [6, 6.07) is 0. The molecule has 1 amide bonds. The van der Waals surface area contributed by atoms with E-state index in [-0.39, 0.29) is 19.6 Å². The van der Waals surface area contributed by atoms with Crippen molar-refractivity contribution in [3.05, 3.63) is 0 Å². The van der Waals surface area contributed by atoms with Crippen LogP contribution in [-0.2, 0) is 14.3 Å². The Bertz CT molecular complexity index is 259. The molecule has 0 radical (unpaired) electrons. The highest BCUT2D eigenvalue weighted by Crippen LogP contribution is 2.06. The molecule has 0 bridgehead atoms. The molecule has 0 aromatic carbocycles. The quantitative estimate of drug-likeness (QED) is 0.703. The molecule has 0 aliphatic carbocycles. The number of carbonyl (C=O) groups is 2. The monoisotopic (exact) mass is 247 g/mol. The number of carbonyl (C=O) groups excluding carboxylic acids is 2. The molecule has 2 N–H and O–H groups in total. The van der Waals surface area contributed by atoms with E-state index in [1.54, 1.807) is 27.7 Å². The number of esters is 1. The third-order valence-corrected chi connectivity index (χ3v) is 1.59. The van der Waals surface area contributed by atoms with Crippen LogP contribution in [0.15, 0.2) is 0 Å². The summed E-state index contributed by atoms with van der Waals surface area (Å²) in [6.07, 6.45) is -1.74. The summed E-state index contributed by atoms with van der Waals surface area (Å²) in [6.45, 7) is 7.12. The average Bonchev–Trinajstić information content (AvgIpc) is 2.12. The summed E-state index contributed by atoms with van der Waals surface area (Å²) in [7, 11) is 0. The lowest BCUT2D eigenvalue weighted by Crippen LogP contribution is -2.37. The van der Waals surface area contributed by atoms with Crippen molar-refractivity contribution in [2.24, 2.45) is 0 Å². The molecule has 6 heteroatoms. The van der Waals surface area contributed by atoms with Crippen LogP contribution in [0, 0.1) is 0 Å². The molecule has 17 heavy (non-hydrogen) atoms. The van der Waals surface area contributed by atoms with Gasteiger partial charge in [0.25, 0.3) is 0 Å². The van der Waals surface area contributed by atoms with E-state index < -0.39 is 23.8 Å². The van der Waals surface area contributed by atoms with E-state index in [2.05, 4.69) is 10.1 Å². The van der Waals surface area contributed by atoms with E-state index in [4.69, 9.17) is 4.74 Å². The maximum atomic E-state index is 11.2. The SMILES string of the molecule is CCOC(=O)CC(O)CNC(=O)OC(C)(C)C. The fourth-order valence-electron chi connectivity index (χ4n) is 1.000. The van der Waals surface area contributed by atoms with Crippen LogP contribution in [0.5, 0.6) is 0 Å². The van der Waals surface area contributed by atoms with E-state index in [9.17, 15) is 14.7 Å². The minimum absolute atomic E-state index is 0.0479. The Kier molecular flexibility index (Phi) is 6.57. The lowest BCUT2D eigenvalue weighted by atomic mass is 10.2. The molecule has 6 nitrogen and oxygen atoms in total. The predicted molar refractivity (Wildman–Crippen MR) is 61.5 cm³/mol. The van der Waals surface area contributed by atoms with Crippen LogP contribution < -0.4 is 5.32 Å². The zero-order valence-corrected chi connectivity index (χ0v) is 10.8. The predicted octanol–water partition coefficient (Wildman–Crippen LogP) is 0.825. The first-order valence-corrected chi connectivity index (χ1v) is 5.55. The number of hydrogen-bond donors (Lipinski definition) is 2. The number of rotatable bonds is 5. The Balaban J connectivity index is 3.80. The standard InChI is InChI=1S/C11H21NO5/c1-5-16-9(14)6-8(13)7-12-10(15)17-11(2,3)4/h8,13H,5-7H2,1-4H3,(H,12,15). The molecule has 1 unspecified atom stereocenters. The molecule has 0 aliphatic heterocycles. The minimum Gasteiger partial charge on any atom is -0.466 e. The molecule has 0 heterocycles. The van der Waals surface area contributed by atoms with Crippen LogP contribution >= 0.6 is 0 Å². The first-order chi connectivity index (χ1) is 7.74. The molecule has 0 aliphatic rings. The highest BCUT2D eigenvalue weighted by Gasteiger charge is 2.18. The molecule has 0 saturated carbocycles. The van der Waals surface area contributed by atoms with Crippen molar-refractivity contribution in [2.75, 3.05) is 13.2 Å². The van der Waals surface area contributed by atoms with Crippen LogP contribution in [0.4, 0.5) is 4.79 Å². The molecule has 0 rings (SSSR count). The Morgan fingerprint density at radius 1 is 1.35 bits per heavy atom. The summed E-state index contributed by atoms with van der Waals surface area (Å²) in [5.41, 5.74) is -0.587. The lowest BCUT2D eigenvalue weighted by molar-refractivity contribution is -0.145. The number of hydrogen-bond acceptors (Lipinski definition) is 5. The van der Waals surface area contributed by atoms with Gasteiger partial charge in [-0.1, -0.05) is 0 Å². The fourth-order valence-corrected chi connectivity index (χ4v) is 1.000. The number of aliphatic hydroxyl groups is 1. The zero-order chi connectivity index (χ0) is 13.5. The number of amides is 1. The van der Waals surface area contributed by atoms with E-state index in [1.807, 2.05) is 0 Å². The maximum absolute atomic E-state index is 11.2. The molecule has 100 valence electrons. The van der Waals surface area contributed by atoms with Gasteiger partial charge < -0.3 is 19.9 Å². The normalized spacial score (nSPS) is 12.8. The second kappa shape index (κ2) is 7.11. The Labute approximate surface area is 101 Å². The third kappa shape index (κ3) is 9.62. The average molecular weight is 247 g/mol. The van der Waals surface area contributed by atoms with Crippen molar-refractivity contribution in [3.63, 3.8) is 0 Å². The van der Waals surface area contributed by atoms with Crippen molar-refractivity contribution in [1.29, 1.82) is 0 Å². The first-order valence-electron chi connectivity index (χ1n) is 5.55. The summed E-state index contributed by atoms with van der Waals surface area (Å²) < 4.78 is 9.62. The second-order valence-corrected chi connectivity index (χ2v) is 4.55. The van der Waals surface area contributed by atoms with Gasteiger partial charge in [-0.15, -0.1) is 0 Å². The van der Waals surface area contributed by atoms with Gasteiger partial charge in [-0.05, 0) is 27.7 Å². The smallest absolute Gasteiger partial charge is 0.407 e. The lowest BCUT2D eigenvalue weighted by Gasteiger charge is -2.20. The zero-order valence-electron chi connectivity index (χ0n) is 10.8. The highest BCUT2D eigenvalue weighted by molar-refractivity contribution is 5.70. The molecule has 0 aromatic rings. The molecule has 0 spiro atoms. The van der Waals surface area contributed by atoms with E-state index >= 15 is 0 Å². The largest absolute Gasteiger partial charge is 0.466 e. The summed E-state index contributed by atoms with van der Waals surface area (Å²) in [4.78, 5) is 22.2. The number of ether oxygens (including phenoxy) is 2. The molecule has 1 atom stereocenters. The Morgan fingerprint density at radius 2 is 1.94 bits per heavy atom. The van der Waals surface area contributed by atoms with Crippen LogP contribution in [0.25, 0.3) is 0 Å². The second-order valence-electron chi connectivity index (χ2n) is 4.55. The van der Waals surface area contributed by atoms with E-state index in [1.165, 1.54) is 0 Å². The van der Waals surface area contributed by atoms with Gasteiger partial charge in [0.05, 0.1) is 19.1 Å². The van der Waals surface area contributed by atoms with Crippen molar-refractivity contribution < 1.29 is 24.2 Å². The van der Waals surface area contributed by atoms with Crippen molar-refractivity contribution >= 4 is 12.1 Å². The van der Waals surface area contributed by atoms with Gasteiger partial charge >= 0.3 is 12.1 Å². The van der Waals surface area contributed by atoms with Crippen LogP contribution in [0.2, 0.25) is 0 Å². The van der Waals surface area contributed by atoms with Crippen LogP contribution in [-0.4, -0.2) is 42.0 Å². The van der Waals surface area contributed by atoms with Gasteiger partial charge in [0, 0.05) is 6.54 Å². The highest BCUT2D eigenvalue weighted by atomic mass is 16.6. The van der Waals surface area contributed by atoms with Gasteiger partial charge in [-0.25, -0.2) is 4.79 Å². The van der Waals surface area contributed by atoms with Gasteiger partial charge in [-0.2, -0.15) is 0 Å². The third-order valence-electron chi connectivity index (χ3n) is 1.59. The van der Waals surface area contributed by atoms with Crippen molar-refractivity contribution in [3.8, 4) is 0 Å². The Hall–Kier alpha value is -1.30.